The number of benzene rings is 2. The normalized spacial score (nSPS) is 10.3. The highest BCUT2D eigenvalue weighted by Crippen LogP contribution is 2.38. The van der Waals surface area contributed by atoms with E-state index >= 15 is 0 Å². The van der Waals surface area contributed by atoms with Crippen LogP contribution < -0.4 is 0 Å². The van der Waals surface area contributed by atoms with Crippen LogP contribution in [0.1, 0.15) is 5.56 Å². The van der Waals surface area contributed by atoms with E-state index in [4.69, 9.17) is 0 Å². The lowest BCUT2D eigenvalue weighted by molar-refractivity contribution is 0.474. The van der Waals surface area contributed by atoms with Crippen molar-refractivity contribution < 1.29 is 5.11 Å². The van der Waals surface area contributed by atoms with Gasteiger partial charge < -0.3 is 5.11 Å². The van der Waals surface area contributed by atoms with Crippen molar-refractivity contribution >= 4 is 21.6 Å². The van der Waals surface area contributed by atoms with Crippen LogP contribution in [0.25, 0.3) is 0 Å². The maximum absolute atomic E-state index is 9.33. The molecule has 82 valence electrons. The van der Waals surface area contributed by atoms with Gasteiger partial charge in [0.25, 0.3) is 0 Å². The van der Waals surface area contributed by atoms with E-state index in [-0.39, 0.29) is 0 Å². The Hall–Kier alpha value is -1.06. The molecule has 0 aliphatic rings. The molecule has 1 N–H and O–H groups in total. The van der Waals surface area contributed by atoms with E-state index in [1.54, 1.807) is 33.7 Å². The minimum atomic E-state index is 0.315. The first-order valence-corrected chi connectivity index (χ1v) is 7.09. The molecule has 2 rings (SSSR count). The number of hydrogen-bond donors (Lipinski definition) is 1. The highest BCUT2D eigenvalue weighted by atomic mass is 33.1. The van der Waals surface area contributed by atoms with Gasteiger partial charge in [0, 0.05) is 9.79 Å². The molecule has 0 amide bonds. The van der Waals surface area contributed by atoms with Crippen LogP contribution in [0.3, 0.4) is 0 Å². The number of aryl methyl sites for hydroxylation is 1. The van der Waals surface area contributed by atoms with Crippen LogP contribution in [-0.2, 0) is 0 Å². The lowest BCUT2D eigenvalue weighted by Gasteiger charge is -2.02. The fourth-order valence-corrected chi connectivity index (χ4v) is 3.36. The second-order valence-corrected chi connectivity index (χ2v) is 5.76. The molecule has 0 spiro atoms. The minimum Gasteiger partial charge on any atom is -0.508 e. The first kappa shape index (κ1) is 11.4. The van der Waals surface area contributed by atoms with Gasteiger partial charge in [0.05, 0.1) is 0 Å². The van der Waals surface area contributed by atoms with Crippen molar-refractivity contribution in [1.82, 2.24) is 0 Å². The molecule has 16 heavy (non-hydrogen) atoms. The highest BCUT2D eigenvalue weighted by Gasteiger charge is 1.98. The van der Waals surface area contributed by atoms with Crippen LogP contribution >= 0.6 is 21.6 Å². The van der Waals surface area contributed by atoms with E-state index in [1.807, 2.05) is 12.1 Å². The molecule has 0 fully saturated rings. The van der Waals surface area contributed by atoms with E-state index < -0.39 is 0 Å². The van der Waals surface area contributed by atoms with Gasteiger partial charge in [0.15, 0.2) is 0 Å². The molecular formula is C13H12OS2. The lowest BCUT2D eigenvalue weighted by Crippen LogP contribution is -1.72. The highest BCUT2D eigenvalue weighted by molar-refractivity contribution is 8.76. The minimum absolute atomic E-state index is 0.315. The Kier molecular flexibility index (Phi) is 3.80. The number of aromatic hydroxyl groups is 1. The van der Waals surface area contributed by atoms with E-state index in [0.29, 0.717) is 5.75 Å². The van der Waals surface area contributed by atoms with E-state index in [1.165, 1.54) is 10.5 Å². The van der Waals surface area contributed by atoms with Gasteiger partial charge >= 0.3 is 0 Å². The molecule has 0 aromatic heterocycles. The molecule has 2 aromatic rings. The Balaban J connectivity index is 2.02. The molecule has 0 heterocycles. The van der Waals surface area contributed by atoms with Crippen molar-refractivity contribution in [2.45, 2.75) is 16.7 Å². The molecule has 3 heteroatoms. The molecule has 2 aromatic carbocycles. The predicted octanol–water partition coefficient (Wildman–Crippen LogP) is 4.50. The van der Waals surface area contributed by atoms with Crippen LogP contribution in [0.4, 0.5) is 0 Å². The molecular weight excluding hydrogens is 236 g/mol. The second-order valence-electron chi connectivity index (χ2n) is 3.48. The Morgan fingerprint density at radius 2 is 1.50 bits per heavy atom. The molecule has 0 saturated heterocycles. The number of phenols is 1. The fraction of sp³-hybridized carbons (Fsp3) is 0.0769. The molecule has 0 aliphatic heterocycles. The van der Waals surface area contributed by atoms with Gasteiger partial charge in [-0.05, 0) is 42.8 Å². The Morgan fingerprint density at radius 1 is 0.875 bits per heavy atom. The summed E-state index contributed by atoms with van der Waals surface area (Å²) in [5, 5.41) is 9.33. The third-order valence-corrected chi connectivity index (χ3v) is 4.42. The molecule has 0 aliphatic carbocycles. The molecule has 0 saturated carbocycles. The van der Waals surface area contributed by atoms with Gasteiger partial charge in [-0.2, -0.15) is 0 Å². The standard InChI is InChI=1S/C13H12OS2/c1-10-4-2-6-12(8-10)15-16-13-7-3-5-11(14)9-13/h2-9,14H,1H3. The SMILES string of the molecule is Cc1cccc(SSc2cccc(O)c2)c1. The number of rotatable bonds is 3. The van der Waals surface area contributed by atoms with Crippen LogP contribution in [-0.4, -0.2) is 5.11 Å². The zero-order valence-corrected chi connectivity index (χ0v) is 10.5. The summed E-state index contributed by atoms with van der Waals surface area (Å²) in [5.74, 6) is 0.315. The molecule has 0 unspecified atom stereocenters. The third-order valence-electron chi connectivity index (χ3n) is 2.04. The van der Waals surface area contributed by atoms with Gasteiger partial charge in [0.2, 0.25) is 0 Å². The second kappa shape index (κ2) is 5.32. The van der Waals surface area contributed by atoms with Crippen LogP contribution in [0, 0.1) is 6.92 Å². The van der Waals surface area contributed by atoms with Gasteiger partial charge in [-0.15, -0.1) is 0 Å². The molecule has 0 atom stereocenters. The first-order chi connectivity index (χ1) is 7.74. The summed E-state index contributed by atoms with van der Waals surface area (Å²) in [6.45, 7) is 2.09. The zero-order chi connectivity index (χ0) is 11.4. The predicted molar refractivity (Wildman–Crippen MR) is 71.0 cm³/mol. The monoisotopic (exact) mass is 248 g/mol. The number of phenolic OH excluding ortho intramolecular Hbond substituents is 1. The maximum atomic E-state index is 9.33. The zero-order valence-electron chi connectivity index (χ0n) is 8.88. The van der Waals surface area contributed by atoms with Crippen molar-refractivity contribution in [3.8, 4) is 5.75 Å². The maximum Gasteiger partial charge on any atom is 0.116 e. The summed E-state index contributed by atoms with van der Waals surface area (Å²) < 4.78 is 0. The van der Waals surface area contributed by atoms with E-state index in [9.17, 15) is 5.11 Å². The molecule has 1 nitrogen and oxygen atoms in total. The summed E-state index contributed by atoms with van der Waals surface area (Å²) in [6, 6.07) is 15.7. The third kappa shape index (κ3) is 3.22. The van der Waals surface area contributed by atoms with Gasteiger partial charge in [-0.1, -0.05) is 39.8 Å². The van der Waals surface area contributed by atoms with Crippen LogP contribution in [0.5, 0.6) is 5.75 Å². The van der Waals surface area contributed by atoms with Gasteiger partial charge in [-0.25, -0.2) is 0 Å². The van der Waals surface area contributed by atoms with Crippen LogP contribution in [0.15, 0.2) is 58.3 Å². The van der Waals surface area contributed by atoms with Gasteiger partial charge in [-0.3, -0.25) is 0 Å². The quantitative estimate of drug-likeness (QED) is 0.808. The molecule has 0 radical (unpaired) electrons. The first-order valence-electron chi connectivity index (χ1n) is 4.94. The Labute approximate surface area is 103 Å². The average molecular weight is 248 g/mol. The lowest BCUT2D eigenvalue weighted by atomic mass is 10.2. The number of hydrogen-bond acceptors (Lipinski definition) is 3. The fourth-order valence-electron chi connectivity index (χ4n) is 1.30. The summed E-state index contributed by atoms with van der Waals surface area (Å²) in [5.41, 5.74) is 1.27. The Bertz CT molecular complexity index is 437. The van der Waals surface area contributed by atoms with Crippen molar-refractivity contribution in [2.75, 3.05) is 0 Å². The summed E-state index contributed by atoms with van der Waals surface area (Å²) >= 11 is 0. The van der Waals surface area contributed by atoms with Crippen molar-refractivity contribution in [3.05, 3.63) is 54.1 Å². The summed E-state index contributed by atoms with van der Waals surface area (Å²) in [7, 11) is 3.35. The smallest absolute Gasteiger partial charge is 0.116 e. The largest absolute Gasteiger partial charge is 0.508 e. The van der Waals surface area contributed by atoms with E-state index in [0.717, 1.165) is 4.90 Å². The van der Waals surface area contributed by atoms with E-state index in [2.05, 4.69) is 31.2 Å². The van der Waals surface area contributed by atoms with Crippen LogP contribution in [0.2, 0.25) is 0 Å². The topological polar surface area (TPSA) is 20.2 Å². The average Bonchev–Trinajstić information content (AvgIpc) is 2.27. The summed E-state index contributed by atoms with van der Waals surface area (Å²) in [4.78, 5) is 2.29. The molecule has 0 bridgehead atoms. The van der Waals surface area contributed by atoms with Crippen molar-refractivity contribution in [3.63, 3.8) is 0 Å². The van der Waals surface area contributed by atoms with Gasteiger partial charge in [0.1, 0.15) is 5.75 Å². The van der Waals surface area contributed by atoms with Crippen molar-refractivity contribution in [1.29, 1.82) is 0 Å². The van der Waals surface area contributed by atoms with Crippen molar-refractivity contribution in [2.24, 2.45) is 0 Å². The summed E-state index contributed by atoms with van der Waals surface area (Å²) in [6.07, 6.45) is 0. The Morgan fingerprint density at radius 3 is 2.12 bits per heavy atom.